The molecule has 2 atom stereocenters. The molecule has 2 unspecified atom stereocenters. The molecule has 7 nitrogen and oxygen atoms in total. The number of nitrogens with two attached hydrogens (primary N) is 1. The lowest BCUT2D eigenvalue weighted by Gasteiger charge is -2.16. The number of aliphatic carboxylic acids is 2. The van der Waals surface area contributed by atoms with Gasteiger partial charge in [0, 0.05) is 18.9 Å². The van der Waals surface area contributed by atoms with E-state index in [2.05, 4.69) is 5.32 Å². The second-order valence-corrected chi connectivity index (χ2v) is 4.23. The molecule has 1 amide bonds. The summed E-state index contributed by atoms with van der Waals surface area (Å²) in [6.07, 6.45) is 1.01. The number of carbonyl (C=O) groups is 3. The Bertz CT molecular complexity index is 306. The Morgan fingerprint density at radius 3 is 2.17 bits per heavy atom. The first-order valence-corrected chi connectivity index (χ1v) is 5.82. The van der Waals surface area contributed by atoms with Gasteiger partial charge in [-0.15, -0.1) is 0 Å². The topological polar surface area (TPSA) is 130 Å². The van der Waals surface area contributed by atoms with Crippen LogP contribution in [0.15, 0.2) is 0 Å². The van der Waals surface area contributed by atoms with Gasteiger partial charge in [-0.3, -0.25) is 14.4 Å². The van der Waals surface area contributed by atoms with Gasteiger partial charge >= 0.3 is 11.9 Å². The number of nitrogens with one attached hydrogen (secondary N) is 1. The highest BCUT2D eigenvalue weighted by atomic mass is 16.4. The summed E-state index contributed by atoms with van der Waals surface area (Å²) in [6, 6.07) is -1.02. The fourth-order valence-corrected chi connectivity index (χ4v) is 1.39. The zero-order valence-corrected chi connectivity index (χ0v) is 10.4. The molecule has 0 aliphatic heterocycles. The highest BCUT2D eigenvalue weighted by molar-refractivity contribution is 5.82. The van der Waals surface area contributed by atoms with E-state index >= 15 is 0 Å². The molecule has 104 valence electrons. The number of carboxylic acid groups (broad SMARTS) is 2. The zero-order valence-electron chi connectivity index (χ0n) is 10.4. The van der Waals surface area contributed by atoms with E-state index in [1.165, 1.54) is 0 Å². The third kappa shape index (κ3) is 8.51. The van der Waals surface area contributed by atoms with Gasteiger partial charge in [-0.05, 0) is 26.2 Å². The van der Waals surface area contributed by atoms with Crippen LogP contribution in [0.25, 0.3) is 0 Å². The molecule has 7 heteroatoms. The van der Waals surface area contributed by atoms with E-state index < -0.39 is 23.9 Å². The van der Waals surface area contributed by atoms with Crippen LogP contribution in [0.4, 0.5) is 0 Å². The summed E-state index contributed by atoms with van der Waals surface area (Å²) < 4.78 is 0. The lowest BCUT2D eigenvalue weighted by Crippen LogP contribution is -2.44. The minimum atomic E-state index is -0.993. The van der Waals surface area contributed by atoms with Gasteiger partial charge in [-0.25, -0.2) is 0 Å². The number of hydrogen-bond donors (Lipinski definition) is 4. The van der Waals surface area contributed by atoms with Crippen LogP contribution in [0, 0.1) is 0 Å². The molecule has 0 radical (unpaired) electrons. The predicted octanol–water partition coefficient (Wildman–Crippen LogP) is -0.0619. The standard InChI is InChI=1S/C11H20N2O5/c1-7(3-2-4-9(14)15)13-11(18)8(12)5-6-10(16)17/h7-8H,2-6,12H2,1H3,(H,13,18)(H,14,15)(H,16,17). The van der Waals surface area contributed by atoms with Crippen molar-refractivity contribution in [3.05, 3.63) is 0 Å². The van der Waals surface area contributed by atoms with Crippen LogP contribution in [0.1, 0.15) is 39.0 Å². The molecular weight excluding hydrogens is 240 g/mol. The highest BCUT2D eigenvalue weighted by Gasteiger charge is 2.16. The second kappa shape index (κ2) is 8.46. The van der Waals surface area contributed by atoms with Gasteiger partial charge in [0.2, 0.25) is 5.91 Å². The van der Waals surface area contributed by atoms with Gasteiger partial charge in [0.25, 0.3) is 0 Å². The van der Waals surface area contributed by atoms with E-state index in [0.29, 0.717) is 12.8 Å². The van der Waals surface area contributed by atoms with Crippen LogP contribution in [0.5, 0.6) is 0 Å². The zero-order chi connectivity index (χ0) is 14.1. The van der Waals surface area contributed by atoms with Crippen LogP contribution in [0.3, 0.4) is 0 Å². The molecule has 0 saturated heterocycles. The van der Waals surface area contributed by atoms with Crippen LogP contribution in [-0.4, -0.2) is 40.1 Å². The monoisotopic (exact) mass is 260 g/mol. The average Bonchev–Trinajstić information content (AvgIpc) is 2.24. The molecule has 0 fully saturated rings. The Balaban J connectivity index is 3.84. The summed E-state index contributed by atoms with van der Waals surface area (Å²) in [5.41, 5.74) is 5.52. The first kappa shape index (κ1) is 16.4. The van der Waals surface area contributed by atoms with E-state index in [1.54, 1.807) is 6.92 Å². The number of hydrogen-bond acceptors (Lipinski definition) is 4. The second-order valence-electron chi connectivity index (χ2n) is 4.23. The first-order valence-electron chi connectivity index (χ1n) is 5.82. The number of carbonyl (C=O) groups excluding carboxylic acids is 1. The molecule has 0 saturated carbocycles. The molecule has 0 rings (SSSR count). The van der Waals surface area contributed by atoms with Crippen LogP contribution in [0.2, 0.25) is 0 Å². The summed E-state index contributed by atoms with van der Waals surface area (Å²) in [5.74, 6) is -2.27. The Morgan fingerprint density at radius 2 is 1.67 bits per heavy atom. The van der Waals surface area contributed by atoms with Crippen molar-refractivity contribution in [2.24, 2.45) is 5.73 Å². The normalized spacial score (nSPS) is 13.7. The molecule has 0 aromatic carbocycles. The Kier molecular flexibility index (Phi) is 7.69. The van der Waals surface area contributed by atoms with Crippen molar-refractivity contribution in [1.82, 2.24) is 5.32 Å². The minimum Gasteiger partial charge on any atom is -0.481 e. The molecule has 0 heterocycles. The van der Waals surface area contributed by atoms with Crippen molar-refractivity contribution in [1.29, 1.82) is 0 Å². The molecule has 0 aromatic heterocycles. The molecule has 0 bridgehead atoms. The average molecular weight is 260 g/mol. The van der Waals surface area contributed by atoms with Crippen molar-refractivity contribution in [3.63, 3.8) is 0 Å². The molecule has 5 N–H and O–H groups in total. The van der Waals surface area contributed by atoms with E-state index in [1.807, 2.05) is 0 Å². The molecule has 0 aromatic rings. The van der Waals surface area contributed by atoms with Gasteiger partial charge in [-0.2, -0.15) is 0 Å². The SMILES string of the molecule is CC(CCCC(=O)O)NC(=O)C(N)CCC(=O)O. The van der Waals surface area contributed by atoms with Crippen molar-refractivity contribution in [2.45, 2.75) is 51.1 Å². The fraction of sp³-hybridized carbons (Fsp3) is 0.727. The minimum absolute atomic E-state index is 0.0608. The summed E-state index contributed by atoms with van der Waals surface area (Å²) >= 11 is 0. The van der Waals surface area contributed by atoms with E-state index in [9.17, 15) is 14.4 Å². The summed E-state index contributed by atoms with van der Waals surface area (Å²) in [6.45, 7) is 1.75. The first-order chi connectivity index (χ1) is 8.32. The van der Waals surface area contributed by atoms with Gasteiger partial charge < -0.3 is 21.3 Å². The van der Waals surface area contributed by atoms with Gasteiger partial charge in [-0.1, -0.05) is 0 Å². The molecule has 0 aliphatic carbocycles. The van der Waals surface area contributed by atoms with Crippen LogP contribution in [-0.2, 0) is 14.4 Å². The third-order valence-electron chi connectivity index (χ3n) is 2.42. The lowest BCUT2D eigenvalue weighted by molar-refractivity contribution is -0.138. The third-order valence-corrected chi connectivity index (χ3v) is 2.42. The molecule has 0 spiro atoms. The lowest BCUT2D eigenvalue weighted by atomic mass is 10.1. The maximum absolute atomic E-state index is 11.5. The van der Waals surface area contributed by atoms with Crippen LogP contribution >= 0.6 is 0 Å². The van der Waals surface area contributed by atoms with Crippen molar-refractivity contribution < 1.29 is 24.6 Å². The summed E-state index contributed by atoms with van der Waals surface area (Å²) in [7, 11) is 0. The van der Waals surface area contributed by atoms with Crippen molar-refractivity contribution >= 4 is 17.8 Å². The maximum atomic E-state index is 11.5. The van der Waals surface area contributed by atoms with E-state index in [4.69, 9.17) is 15.9 Å². The van der Waals surface area contributed by atoms with Crippen molar-refractivity contribution in [2.75, 3.05) is 0 Å². The molecular formula is C11H20N2O5. The highest BCUT2D eigenvalue weighted by Crippen LogP contribution is 2.02. The molecule has 0 aliphatic rings. The summed E-state index contributed by atoms with van der Waals surface area (Å²) in [5, 5.41) is 19.5. The van der Waals surface area contributed by atoms with Gasteiger partial charge in [0.05, 0.1) is 6.04 Å². The Morgan fingerprint density at radius 1 is 1.11 bits per heavy atom. The quantitative estimate of drug-likeness (QED) is 0.459. The Hall–Kier alpha value is -1.63. The number of carboxylic acids is 2. The van der Waals surface area contributed by atoms with Crippen LogP contribution < -0.4 is 11.1 Å². The van der Waals surface area contributed by atoms with Gasteiger partial charge in [0.1, 0.15) is 0 Å². The van der Waals surface area contributed by atoms with Gasteiger partial charge in [0.15, 0.2) is 0 Å². The van der Waals surface area contributed by atoms with E-state index in [-0.39, 0.29) is 25.3 Å². The largest absolute Gasteiger partial charge is 0.481 e. The summed E-state index contributed by atoms with van der Waals surface area (Å²) in [4.78, 5) is 32.1. The predicted molar refractivity (Wildman–Crippen MR) is 63.9 cm³/mol. The van der Waals surface area contributed by atoms with E-state index in [0.717, 1.165) is 0 Å². The Labute approximate surface area is 105 Å². The van der Waals surface area contributed by atoms with Crippen molar-refractivity contribution in [3.8, 4) is 0 Å². The fourth-order valence-electron chi connectivity index (χ4n) is 1.39. The molecule has 18 heavy (non-hydrogen) atoms. The number of amides is 1. The maximum Gasteiger partial charge on any atom is 0.303 e. The smallest absolute Gasteiger partial charge is 0.303 e. The number of rotatable bonds is 9.